The molecule has 1 saturated heterocycles. The lowest BCUT2D eigenvalue weighted by Gasteiger charge is -2.24. The summed E-state index contributed by atoms with van der Waals surface area (Å²) in [4.78, 5) is 33.1. The summed E-state index contributed by atoms with van der Waals surface area (Å²) in [7, 11) is 0. The molecule has 1 N–H and O–H groups in total. The van der Waals surface area contributed by atoms with Crippen molar-refractivity contribution >= 4 is 55.7 Å². The van der Waals surface area contributed by atoms with Gasteiger partial charge >= 0.3 is 5.91 Å². The molecule has 4 aromatic rings. The average Bonchev–Trinajstić information content (AvgIpc) is 3.41. The Morgan fingerprint density at radius 3 is 2.50 bits per heavy atom. The molecule has 38 heavy (non-hydrogen) atoms. The normalized spacial score (nSPS) is 17.4. The Balaban J connectivity index is 1.70. The number of anilines is 1. The minimum atomic E-state index is -0.865. The van der Waals surface area contributed by atoms with E-state index in [-0.39, 0.29) is 16.7 Å². The van der Waals surface area contributed by atoms with Crippen LogP contribution in [-0.4, -0.2) is 28.4 Å². The number of hydrogen-bond acceptors (Lipinski definition) is 6. The Bertz CT molecular complexity index is 1580. The number of rotatable bonds is 5. The molecule has 0 radical (unpaired) electrons. The maximum atomic E-state index is 13.5. The summed E-state index contributed by atoms with van der Waals surface area (Å²) in [6, 6.07) is 19.1. The summed E-state index contributed by atoms with van der Waals surface area (Å²) >= 11 is 7.45. The topological polar surface area (TPSA) is 79.7 Å². The van der Waals surface area contributed by atoms with Crippen LogP contribution in [0.25, 0.3) is 16.0 Å². The summed E-state index contributed by atoms with van der Waals surface area (Å²) < 4.78 is 6.37. The Kier molecular flexibility index (Phi) is 6.75. The van der Waals surface area contributed by atoms with Gasteiger partial charge in [-0.15, -0.1) is 0 Å². The van der Waals surface area contributed by atoms with E-state index in [4.69, 9.17) is 16.3 Å². The predicted octanol–water partition coefficient (Wildman–Crippen LogP) is 7.27. The maximum Gasteiger partial charge on any atom is 0.301 e. The van der Waals surface area contributed by atoms with Crippen LogP contribution in [0.15, 0.2) is 72.3 Å². The fraction of sp³-hybridized carbons (Fsp3) is 0.233. The number of Topliss-reactive ketones (excluding diaryl/α,β-unsaturated/α-hetero) is 1. The standard InChI is InChI=1S/C30H27ClN2O4S/c1-5-37-21-8-6-7-18(15-21)26(34)24-25(17-9-11-19(12-10-17)30(2,3)4)33(28(36)27(24)35)29-32-22-14-13-20(31)16-23(22)38-29/h6-16,25,34H,5H2,1-4H3/b26-24+. The Hall–Kier alpha value is -3.68. The van der Waals surface area contributed by atoms with Crippen molar-refractivity contribution in [3.05, 3.63) is 94.0 Å². The number of carbonyl (C=O) groups is 2. The molecule has 3 aromatic carbocycles. The van der Waals surface area contributed by atoms with Crippen LogP contribution < -0.4 is 9.64 Å². The molecule has 0 bridgehead atoms. The first kappa shape index (κ1) is 25.9. The Morgan fingerprint density at radius 1 is 1.08 bits per heavy atom. The van der Waals surface area contributed by atoms with Gasteiger partial charge in [-0.1, -0.05) is 80.1 Å². The summed E-state index contributed by atoms with van der Waals surface area (Å²) in [6.07, 6.45) is 0. The Morgan fingerprint density at radius 2 is 1.82 bits per heavy atom. The lowest BCUT2D eigenvalue weighted by atomic mass is 9.85. The number of aliphatic hydroxyl groups excluding tert-OH is 1. The number of thiazole rings is 1. The van der Waals surface area contributed by atoms with E-state index in [2.05, 4.69) is 25.8 Å². The van der Waals surface area contributed by atoms with Gasteiger partial charge in [0.05, 0.1) is 28.4 Å². The molecule has 0 saturated carbocycles. The van der Waals surface area contributed by atoms with Crippen molar-refractivity contribution in [2.24, 2.45) is 0 Å². The van der Waals surface area contributed by atoms with Crippen LogP contribution in [0.3, 0.4) is 0 Å². The molecule has 1 amide bonds. The molecule has 1 aliphatic rings. The lowest BCUT2D eigenvalue weighted by molar-refractivity contribution is -0.132. The van der Waals surface area contributed by atoms with Crippen molar-refractivity contribution in [2.75, 3.05) is 11.5 Å². The largest absolute Gasteiger partial charge is 0.507 e. The second kappa shape index (κ2) is 9.89. The van der Waals surface area contributed by atoms with Crippen molar-refractivity contribution < 1.29 is 19.4 Å². The molecular weight excluding hydrogens is 520 g/mol. The number of aliphatic hydroxyl groups is 1. The SMILES string of the molecule is CCOc1cccc(/C(O)=C2\C(=O)C(=O)N(c3nc4ccc(Cl)cc4s3)C2c2ccc(C(C)(C)C)cc2)c1. The summed E-state index contributed by atoms with van der Waals surface area (Å²) in [5.74, 6) is -1.23. The van der Waals surface area contributed by atoms with Gasteiger partial charge in [0.15, 0.2) is 5.13 Å². The highest BCUT2D eigenvalue weighted by molar-refractivity contribution is 7.22. The molecule has 1 unspecified atom stereocenters. The highest BCUT2D eigenvalue weighted by Crippen LogP contribution is 2.45. The van der Waals surface area contributed by atoms with E-state index in [1.54, 1.807) is 42.5 Å². The first-order valence-electron chi connectivity index (χ1n) is 12.3. The summed E-state index contributed by atoms with van der Waals surface area (Å²) in [6.45, 7) is 8.67. The number of carbonyl (C=O) groups excluding carboxylic acids is 2. The van der Waals surface area contributed by atoms with E-state index in [0.717, 1.165) is 10.3 Å². The fourth-order valence-electron chi connectivity index (χ4n) is 4.56. The van der Waals surface area contributed by atoms with Crippen molar-refractivity contribution in [2.45, 2.75) is 39.2 Å². The van der Waals surface area contributed by atoms with Gasteiger partial charge in [-0.3, -0.25) is 14.5 Å². The third-order valence-corrected chi connectivity index (χ3v) is 7.75. The predicted molar refractivity (Wildman–Crippen MR) is 152 cm³/mol. The minimum Gasteiger partial charge on any atom is -0.507 e. The second-order valence-electron chi connectivity index (χ2n) is 10.1. The van der Waals surface area contributed by atoms with Gasteiger partial charge in [0.25, 0.3) is 5.78 Å². The Labute approximate surface area is 230 Å². The van der Waals surface area contributed by atoms with Crippen LogP contribution in [0.5, 0.6) is 5.75 Å². The van der Waals surface area contributed by atoms with Crippen LogP contribution in [0.1, 0.15) is 50.4 Å². The van der Waals surface area contributed by atoms with Crippen LogP contribution in [0, 0.1) is 0 Å². The first-order chi connectivity index (χ1) is 18.1. The zero-order valence-corrected chi connectivity index (χ0v) is 23.1. The molecule has 2 heterocycles. The van der Waals surface area contributed by atoms with Gasteiger partial charge in [-0.25, -0.2) is 4.98 Å². The lowest BCUT2D eigenvalue weighted by Crippen LogP contribution is -2.29. The monoisotopic (exact) mass is 546 g/mol. The van der Waals surface area contributed by atoms with E-state index < -0.39 is 17.7 Å². The van der Waals surface area contributed by atoms with Crippen molar-refractivity contribution in [3.63, 3.8) is 0 Å². The number of hydrogen-bond donors (Lipinski definition) is 1. The van der Waals surface area contributed by atoms with E-state index >= 15 is 0 Å². The number of amides is 1. The van der Waals surface area contributed by atoms with Gasteiger partial charge < -0.3 is 9.84 Å². The smallest absolute Gasteiger partial charge is 0.301 e. The van der Waals surface area contributed by atoms with Crippen molar-refractivity contribution in [1.29, 1.82) is 0 Å². The fourth-order valence-corrected chi connectivity index (χ4v) is 5.82. The van der Waals surface area contributed by atoms with Gasteiger partial charge in [0.1, 0.15) is 11.5 Å². The highest BCUT2D eigenvalue weighted by Gasteiger charge is 2.48. The van der Waals surface area contributed by atoms with Crippen molar-refractivity contribution in [3.8, 4) is 5.75 Å². The van der Waals surface area contributed by atoms with Crippen LogP contribution >= 0.6 is 22.9 Å². The number of nitrogens with zero attached hydrogens (tertiary/aromatic N) is 2. The number of ether oxygens (including phenoxy) is 1. The molecule has 1 atom stereocenters. The molecular formula is C30H27ClN2O4S. The molecule has 1 fully saturated rings. The number of aromatic nitrogens is 1. The van der Waals surface area contributed by atoms with Gasteiger partial charge in [-0.05, 0) is 53.8 Å². The van der Waals surface area contributed by atoms with Crippen LogP contribution in [0.2, 0.25) is 5.02 Å². The first-order valence-corrected chi connectivity index (χ1v) is 13.5. The third-order valence-electron chi connectivity index (χ3n) is 6.50. The van der Waals surface area contributed by atoms with Crippen LogP contribution in [0.4, 0.5) is 5.13 Å². The summed E-state index contributed by atoms with van der Waals surface area (Å²) in [5, 5.41) is 12.4. The van der Waals surface area contributed by atoms with E-state index in [9.17, 15) is 14.7 Å². The molecule has 5 rings (SSSR count). The zero-order chi connectivity index (χ0) is 27.2. The van der Waals surface area contributed by atoms with E-state index in [1.807, 2.05) is 31.2 Å². The van der Waals surface area contributed by atoms with Gasteiger partial charge in [0.2, 0.25) is 0 Å². The number of benzene rings is 3. The van der Waals surface area contributed by atoms with E-state index in [0.29, 0.717) is 39.2 Å². The number of ketones is 1. The van der Waals surface area contributed by atoms with Gasteiger partial charge in [0, 0.05) is 10.6 Å². The zero-order valence-electron chi connectivity index (χ0n) is 21.5. The molecule has 0 spiro atoms. The molecule has 0 aliphatic carbocycles. The second-order valence-corrected chi connectivity index (χ2v) is 11.6. The average molecular weight is 547 g/mol. The maximum absolute atomic E-state index is 13.5. The summed E-state index contributed by atoms with van der Waals surface area (Å²) in [5.41, 5.74) is 2.79. The quantitative estimate of drug-likeness (QED) is 0.162. The highest BCUT2D eigenvalue weighted by atomic mass is 35.5. The van der Waals surface area contributed by atoms with Gasteiger partial charge in [-0.2, -0.15) is 0 Å². The van der Waals surface area contributed by atoms with Crippen molar-refractivity contribution in [1.82, 2.24) is 4.98 Å². The third kappa shape index (κ3) is 4.68. The van der Waals surface area contributed by atoms with Crippen LogP contribution in [-0.2, 0) is 15.0 Å². The molecule has 1 aromatic heterocycles. The minimum absolute atomic E-state index is 0.00412. The molecule has 194 valence electrons. The number of fused-ring (bicyclic) bond motifs is 1. The van der Waals surface area contributed by atoms with E-state index in [1.165, 1.54) is 16.2 Å². The number of halogens is 1. The molecule has 8 heteroatoms. The molecule has 6 nitrogen and oxygen atoms in total. The molecule has 1 aliphatic heterocycles.